The summed E-state index contributed by atoms with van der Waals surface area (Å²) in [7, 11) is 0. The van der Waals surface area contributed by atoms with Crippen LogP contribution in [0.4, 0.5) is 4.39 Å². The molecule has 1 aromatic rings. The van der Waals surface area contributed by atoms with Crippen LogP contribution in [0.1, 0.15) is 19.8 Å². The van der Waals surface area contributed by atoms with Gasteiger partial charge in [-0.05, 0) is 38.0 Å². The van der Waals surface area contributed by atoms with E-state index in [1.807, 2.05) is 6.07 Å². The molecular weight excluding hydrogens is 251 g/mol. The third kappa shape index (κ3) is 3.46. The zero-order valence-electron chi connectivity index (χ0n) is 10.3. The van der Waals surface area contributed by atoms with E-state index in [-0.39, 0.29) is 11.7 Å². The van der Waals surface area contributed by atoms with Crippen LogP contribution in [0.3, 0.4) is 0 Å². The smallest absolute Gasteiger partial charge is 0.238 e. The molecule has 0 aromatic heterocycles. The van der Waals surface area contributed by atoms with Gasteiger partial charge in [-0.15, -0.1) is 11.8 Å². The average molecular weight is 268 g/mol. The van der Waals surface area contributed by atoms with E-state index in [9.17, 15) is 9.18 Å². The molecule has 3 N–H and O–H groups in total. The molecule has 1 aliphatic rings. The van der Waals surface area contributed by atoms with Crippen molar-refractivity contribution in [2.24, 2.45) is 5.73 Å². The topological polar surface area (TPSA) is 55.1 Å². The van der Waals surface area contributed by atoms with Crippen LogP contribution in [0.25, 0.3) is 0 Å². The van der Waals surface area contributed by atoms with Gasteiger partial charge in [0, 0.05) is 16.7 Å². The van der Waals surface area contributed by atoms with E-state index in [4.69, 9.17) is 5.73 Å². The molecule has 3 nitrogen and oxygen atoms in total. The lowest BCUT2D eigenvalue weighted by Gasteiger charge is -2.27. The molecule has 1 aromatic carbocycles. The fourth-order valence-corrected chi connectivity index (χ4v) is 2.70. The molecule has 5 heteroatoms. The lowest BCUT2D eigenvalue weighted by molar-refractivity contribution is -0.123. The number of nitrogens with two attached hydrogens (primary N) is 1. The third-order valence-corrected chi connectivity index (χ3v) is 4.28. The lowest BCUT2D eigenvalue weighted by atomic mass is 10.1. The van der Waals surface area contributed by atoms with Gasteiger partial charge in [0.25, 0.3) is 0 Å². The summed E-state index contributed by atoms with van der Waals surface area (Å²) >= 11 is 1.44. The van der Waals surface area contributed by atoms with Crippen LogP contribution in [-0.4, -0.2) is 23.2 Å². The fourth-order valence-electron chi connectivity index (χ4n) is 1.65. The van der Waals surface area contributed by atoms with Crippen molar-refractivity contribution in [3.63, 3.8) is 0 Å². The summed E-state index contributed by atoms with van der Waals surface area (Å²) in [6.45, 7) is 1.81. The molecule has 0 radical (unpaired) electrons. The monoisotopic (exact) mass is 268 g/mol. The summed E-state index contributed by atoms with van der Waals surface area (Å²) < 4.78 is 13.0. The summed E-state index contributed by atoms with van der Waals surface area (Å²) in [5, 5.41) is 3.26. The molecule has 98 valence electrons. The van der Waals surface area contributed by atoms with Gasteiger partial charge >= 0.3 is 0 Å². The van der Waals surface area contributed by atoms with Gasteiger partial charge in [-0.25, -0.2) is 4.39 Å². The van der Waals surface area contributed by atoms with Crippen molar-refractivity contribution >= 4 is 17.7 Å². The van der Waals surface area contributed by atoms with Crippen LogP contribution in [0.15, 0.2) is 29.2 Å². The second kappa shape index (κ2) is 5.28. The molecule has 0 aliphatic heterocycles. The molecule has 1 amide bonds. The first-order valence-electron chi connectivity index (χ1n) is 5.95. The molecule has 1 saturated carbocycles. The molecule has 18 heavy (non-hydrogen) atoms. The SMILES string of the molecule is CC(CSc1cccc(F)c1)(NC1CC1)C(N)=O. The van der Waals surface area contributed by atoms with Crippen molar-refractivity contribution < 1.29 is 9.18 Å². The number of hydrogen-bond donors (Lipinski definition) is 2. The van der Waals surface area contributed by atoms with Crippen LogP contribution in [0, 0.1) is 5.82 Å². The summed E-state index contributed by atoms with van der Waals surface area (Å²) in [4.78, 5) is 12.4. The number of benzene rings is 1. The van der Waals surface area contributed by atoms with E-state index < -0.39 is 5.54 Å². The zero-order valence-corrected chi connectivity index (χ0v) is 11.1. The Morgan fingerprint density at radius 3 is 2.89 bits per heavy atom. The minimum atomic E-state index is -0.738. The Kier molecular flexibility index (Phi) is 3.92. The first-order valence-corrected chi connectivity index (χ1v) is 6.94. The number of thioether (sulfide) groups is 1. The summed E-state index contributed by atoms with van der Waals surface area (Å²) in [6, 6.07) is 6.75. The quantitative estimate of drug-likeness (QED) is 0.775. The molecular formula is C13H17FN2OS. The minimum absolute atomic E-state index is 0.268. The maximum atomic E-state index is 13.0. The first kappa shape index (κ1) is 13.4. The molecule has 1 unspecified atom stereocenters. The van der Waals surface area contributed by atoms with Gasteiger partial charge in [-0.1, -0.05) is 6.07 Å². The van der Waals surface area contributed by atoms with Gasteiger partial charge < -0.3 is 11.1 Å². The largest absolute Gasteiger partial charge is 0.368 e. The standard InChI is InChI=1S/C13H17FN2OS/c1-13(12(15)17,16-10-5-6-10)8-18-11-4-2-3-9(14)7-11/h2-4,7,10,16H,5-6,8H2,1H3,(H2,15,17). The van der Waals surface area contributed by atoms with E-state index in [2.05, 4.69) is 5.32 Å². The minimum Gasteiger partial charge on any atom is -0.368 e. The van der Waals surface area contributed by atoms with Crippen molar-refractivity contribution in [1.29, 1.82) is 0 Å². The molecule has 1 atom stereocenters. The molecule has 1 fully saturated rings. The Morgan fingerprint density at radius 2 is 2.33 bits per heavy atom. The van der Waals surface area contributed by atoms with Gasteiger partial charge in [-0.2, -0.15) is 0 Å². The molecule has 0 bridgehead atoms. The number of hydrogen-bond acceptors (Lipinski definition) is 3. The van der Waals surface area contributed by atoms with Gasteiger partial charge in [0.2, 0.25) is 5.91 Å². The number of carbonyl (C=O) groups excluding carboxylic acids is 1. The van der Waals surface area contributed by atoms with E-state index in [1.54, 1.807) is 13.0 Å². The highest BCUT2D eigenvalue weighted by Gasteiger charge is 2.36. The number of halogens is 1. The van der Waals surface area contributed by atoms with Gasteiger partial charge in [0.05, 0.1) is 0 Å². The second-order valence-corrected chi connectivity index (χ2v) is 5.91. The highest BCUT2D eigenvalue weighted by Crippen LogP contribution is 2.27. The van der Waals surface area contributed by atoms with Crippen molar-refractivity contribution in [2.45, 2.75) is 36.2 Å². The van der Waals surface area contributed by atoms with Crippen LogP contribution >= 0.6 is 11.8 Å². The average Bonchev–Trinajstić information content (AvgIpc) is 3.10. The van der Waals surface area contributed by atoms with Gasteiger partial charge in [0.15, 0.2) is 0 Å². The Bertz CT molecular complexity index is 450. The molecule has 0 saturated heterocycles. The van der Waals surface area contributed by atoms with E-state index >= 15 is 0 Å². The normalized spacial score (nSPS) is 18.3. The van der Waals surface area contributed by atoms with E-state index in [1.165, 1.54) is 23.9 Å². The van der Waals surface area contributed by atoms with Gasteiger partial charge in [-0.3, -0.25) is 4.79 Å². The molecule has 0 heterocycles. The maximum absolute atomic E-state index is 13.0. The van der Waals surface area contributed by atoms with Crippen molar-refractivity contribution in [3.05, 3.63) is 30.1 Å². The number of primary amides is 1. The van der Waals surface area contributed by atoms with Crippen LogP contribution < -0.4 is 11.1 Å². The number of amides is 1. The maximum Gasteiger partial charge on any atom is 0.238 e. The summed E-state index contributed by atoms with van der Waals surface area (Å²) in [5.41, 5.74) is 4.71. The van der Waals surface area contributed by atoms with E-state index in [0.29, 0.717) is 11.8 Å². The predicted octanol–water partition coefficient (Wildman–Crippen LogP) is 1.91. The highest BCUT2D eigenvalue weighted by molar-refractivity contribution is 7.99. The van der Waals surface area contributed by atoms with Gasteiger partial charge in [0.1, 0.15) is 11.4 Å². The Labute approximate surface area is 110 Å². The Morgan fingerprint density at radius 1 is 1.61 bits per heavy atom. The Balaban J connectivity index is 1.98. The van der Waals surface area contributed by atoms with Crippen LogP contribution in [-0.2, 0) is 4.79 Å². The summed E-state index contributed by atoms with van der Waals surface area (Å²) in [5.74, 6) is -0.128. The van der Waals surface area contributed by atoms with E-state index in [0.717, 1.165) is 17.7 Å². The van der Waals surface area contributed by atoms with Crippen molar-refractivity contribution in [3.8, 4) is 0 Å². The Hall–Kier alpha value is -1.07. The first-order chi connectivity index (χ1) is 8.49. The second-order valence-electron chi connectivity index (χ2n) is 4.86. The van der Waals surface area contributed by atoms with Crippen LogP contribution in [0.5, 0.6) is 0 Å². The molecule has 0 spiro atoms. The molecule has 2 rings (SSSR count). The third-order valence-electron chi connectivity index (χ3n) is 2.97. The number of carbonyl (C=O) groups is 1. The zero-order chi connectivity index (χ0) is 13.2. The lowest BCUT2D eigenvalue weighted by Crippen LogP contribution is -2.55. The summed E-state index contributed by atoms with van der Waals surface area (Å²) in [6.07, 6.45) is 2.18. The highest BCUT2D eigenvalue weighted by atomic mass is 32.2. The van der Waals surface area contributed by atoms with Crippen LogP contribution in [0.2, 0.25) is 0 Å². The predicted molar refractivity (Wildman–Crippen MR) is 70.9 cm³/mol. The molecule has 1 aliphatic carbocycles. The number of rotatable bonds is 6. The fraction of sp³-hybridized carbons (Fsp3) is 0.462. The number of nitrogens with one attached hydrogen (secondary N) is 1. The van der Waals surface area contributed by atoms with Crippen molar-refractivity contribution in [2.75, 3.05) is 5.75 Å². The van der Waals surface area contributed by atoms with Crippen molar-refractivity contribution in [1.82, 2.24) is 5.32 Å².